The standard InChI is InChI=1S/C10H15NO3/c1-8(7-13-2)14-10-4-3-9(6-12)5-11-10/h3-5,8,12H,6-7H2,1-2H3. The normalized spacial score (nSPS) is 12.5. The Hall–Kier alpha value is -1.13. The number of hydrogen-bond donors (Lipinski definition) is 1. The average molecular weight is 197 g/mol. The van der Waals surface area contributed by atoms with Crippen molar-refractivity contribution in [3.8, 4) is 5.88 Å². The molecule has 0 saturated carbocycles. The fraction of sp³-hybridized carbons (Fsp3) is 0.500. The van der Waals surface area contributed by atoms with Crippen LogP contribution < -0.4 is 4.74 Å². The van der Waals surface area contributed by atoms with Crippen LogP contribution in [0, 0.1) is 0 Å². The maximum Gasteiger partial charge on any atom is 0.213 e. The third kappa shape index (κ3) is 3.32. The van der Waals surface area contributed by atoms with E-state index in [0.29, 0.717) is 12.5 Å². The lowest BCUT2D eigenvalue weighted by Crippen LogP contribution is -2.18. The molecule has 1 heterocycles. The lowest BCUT2D eigenvalue weighted by Gasteiger charge is -2.12. The van der Waals surface area contributed by atoms with Crippen molar-refractivity contribution in [2.75, 3.05) is 13.7 Å². The molecular formula is C10H15NO3. The maximum absolute atomic E-state index is 8.79. The van der Waals surface area contributed by atoms with E-state index in [1.165, 1.54) is 0 Å². The Morgan fingerprint density at radius 1 is 1.50 bits per heavy atom. The van der Waals surface area contributed by atoms with Gasteiger partial charge in [0, 0.05) is 19.4 Å². The smallest absolute Gasteiger partial charge is 0.213 e. The van der Waals surface area contributed by atoms with Gasteiger partial charge in [0.15, 0.2) is 0 Å². The molecule has 0 aliphatic heterocycles. The van der Waals surface area contributed by atoms with Gasteiger partial charge in [-0.25, -0.2) is 4.98 Å². The molecule has 0 aromatic carbocycles. The summed E-state index contributed by atoms with van der Waals surface area (Å²) in [6.45, 7) is 2.44. The van der Waals surface area contributed by atoms with Crippen molar-refractivity contribution in [1.82, 2.24) is 4.98 Å². The van der Waals surface area contributed by atoms with Crippen molar-refractivity contribution in [3.05, 3.63) is 23.9 Å². The van der Waals surface area contributed by atoms with E-state index in [1.807, 2.05) is 6.92 Å². The molecule has 78 valence electrons. The Labute approximate surface area is 83.5 Å². The number of hydrogen-bond acceptors (Lipinski definition) is 4. The van der Waals surface area contributed by atoms with E-state index < -0.39 is 0 Å². The van der Waals surface area contributed by atoms with E-state index in [1.54, 1.807) is 25.4 Å². The fourth-order valence-corrected chi connectivity index (χ4v) is 1.05. The number of ether oxygens (including phenoxy) is 2. The third-order valence-corrected chi connectivity index (χ3v) is 1.70. The van der Waals surface area contributed by atoms with Crippen LogP contribution in [0.25, 0.3) is 0 Å². The topological polar surface area (TPSA) is 51.6 Å². The predicted molar refractivity (Wildman–Crippen MR) is 52.1 cm³/mol. The van der Waals surface area contributed by atoms with Gasteiger partial charge in [0.05, 0.1) is 13.2 Å². The van der Waals surface area contributed by atoms with Gasteiger partial charge in [0.1, 0.15) is 6.10 Å². The van der Waals surface area contributed by atoms with E-state index in [9.17, 15) is 0 Å². The van der Waals surface area contributed by atoms with Crippen LogP contribution in [-0.2, 0) is 11.3 Å². The van der Waals surface area contributed by atoms with E-state index in [2.05, 4.69) is 4.98 Å². The molecule has 1 aromatic rings. The van der Waals surface area contributed by atoms with Gasteiger partial charge in [-0.3, -0.25) is 0 Å². The highest BCUT2D eigenvalue weighted by Gasteiger charge is 2.03. The van der Waals surface area contributed by atoms with Crippen molar-refractivity contribution in [1.29, 1.82) is 0 Å². The number of aliphatic hydroxyl groups is 1. The van der Waals surface area contributed by atoms with Crippen LogP contribution in [0.1, 0.15) is 12.5 Å². The lowest BCUT2D eigenvalue weighted by atomic mass is 10.3. The fourth-order valence-electron chi connectivity index (χ4n) is 1.05. The molecular weight excluding hydrogens is 182 g/mol. The minimum atomic E-state index is -0.0209. The molecule has 4 heteroatoms. The lowest BCUT2D eigenvalue weighted by molar-refractivity contribution is 0.0889. The molecule has 0 aliphatic rings. The van der Waals surface area contributed by atoms with Gasteiger partial charge < -0.3 is 14.6 Å². The summed E-state index contributed by atoms with van der Waals surface area (Å²) < 4.78 is 10.4. The van der Waals surface area contributed by atoms with Gasteiger partial charge >= 0.3 is 0 Å². The molecule has 0 amide bonds. The summed E-state index contributed by atoms with van der Waals surface area (Å²) in [7, 11) is 1.63. The van der Waals surface area contributed by atoms with Crippen molar-refractivity contribution >= 4 is 0 Å². The Morgan fingerprint density at radius 2 is 2.29 bits per heavy atom. The molecule has 0 spiro atoms. The highest BCUT2D eigenvalue weighted by atomic mass is 16.5. The first kappa shape index (κ1) is 10.9. The summed E-state index contributed by atoms with van der Waals surface area (Å²) in [5, 5.41) is 8.79. The zero-order valence-corrected chi connectivity index (χ0v) is 8.43. The summed E-state index contributed by atoms with van der Waals surface area (Å²) in [5.74, 6) is 0.548. The Balaban J connectivity index is 2.50. The SMILES string of the molecule is COCC(C)Oc1ccc(CO)cn1. The minimum absolute atomic E-state index is 0.000898. The van der Waals surface area contributed by atoms with Crippen LogP contribution >= 0.6 is 0 Å². The quantitative estimate of drug-likeness (QED) is 0.764. The van der Waals surface area contributed by atoms with Crippen molar-refractivity contribution in [2.24, 2.45) is 0 Å². The third-order valence-electron chi connectivity index (χ3n) is 1.70. The number of methoxy groups -OCH3 is 1. The predicted octanol–water partition coefficient (Wildman–Crippen LogP) is 0.988. The maximum atomic E-state index is 8.79. The highest BCUT2D eigenvalue weighted by Crippen LogP contribution is 2.09. The Morgan fingerprint density at radius 3 is 2.79 bits per heavy atom. The minimum Gasteiger partial charge on any atom is -0.472 e. The van der Waals surface area contributed by atoms with E-state index in [0.717, 1.165) is 5.56 Å². The van der Waals surface area contributed by atoms with Gasteiger partial charge in [-0.15, -0.1) is 0 Å². The number of aromatic nitrogens is 1. The zero-order chi connectivity index (χ0) is 10.4. The van der Waals surface area contributed by atoms with Gasteiger partial charge in [-0.2, -0.15) is 0 Å². The summed E-state index contributed by atoms with van der Waals surface area (Å²) in [5.41, 5.74) is 0.775. The summed E-state index contributed by atoms with van der Waals surface area (Å²) in [6, 6.07) is 3.51. The second kappa shape index (κ2) is 5.57. The molecule has 1 unspecified atom stereocenters. The Bertz CT molecular complexity index is 261. The molecule has 0 radical (unpaired) electrons. The molecule has 1 rings (SSSR count). The van der Waals surface area contributed by atoms with Crippen LogP contribution in [0.15, 0.2) is 18.3 Å². The average Bonchev–Trinajstić information content (AvgIpc) is 2.19. The monoisotopic (exact) mass is 197 g/mol. The first-order valence-corrected chi connectivity index (χ1v) is 4.47. The van der Waals surface area contributed by atoms with E-state index in [-0.39, 0.29) is 12.7 Å². The molecule has 0 bridgehead atoms. The summed E-state index contributed by atoms with van der Waals surface area (Å²) in [6.07, 6.45) is 1.57. The second-order valence-corrected chi connectivity index (χ2v) is 3.05. The second-order valence-electron chi connectivity index (χ2n) is 3.05. The van der Waals surface area contributed by atoms with Gasteiger partial charge in [0.2, 0.25) is 5.88 Å². The number of nitrogens with zero attached hydrogens (tertiary/aromatic N) is 1. The van der Waals surface area contributed by atoms with Gasteiger partial charge in [-0.1, -0.05) is 0 Å². The number of pyridine rings is 1. The summed E-state index contributed by atoms with van der Waals surface area (Å²) in [4.78, 5) is 4.03. The van der Waals surface area contributed by atoms with Crippen LogP contribution in [-0.4, -0.2) is 29.9 Å². The molecule has 14 heavy (non-hydrogen) atoms. The number of aliphatic hydroxyl groups excluding tert-OH is 1. The number of rotatable bonds is 5. The van der Waals surface area contributed by atoms with Gasteiger partial charge in [-0.05, 0) is 18.6 Å². The molecule has 0 fully saturated rings. The molecule has 1 atom stereocenters. The molecule has 0 saturated heterocycles. The van der Waals surface area contributed by atoms with Crippen molar-refractivity contribution in [3.63, 3.8) is 0 Å². The highest BCUT2D eigenvalue weighted by molar-refractivity contribution is 5.17. The first-order chi connectivity index (χ1) is 6.76. The largest absolute Gasteiger partial charge is 0.472 e. The van der Waals surface area contributed by atoms with Crippen molar-refractivity contribution < 1.29 is 14.6 Å². The summed E-state index contributed by atoms with van der Waals surface area (Å²) >= 11 is 0. The molecule has 1 aromatic heterocycles. The van der Waals surface area contributed by atoms with Crippen LogP contribution in [0.2, 0.25) is 0 Å². The molecule has 0 aliphatic carbocycles. The van der Waals surface area contributed by atoms with Crippen LogP contribution in [0.4, 0.5) is 0 Å². The van der Waals surface area contributed by atoms with Crippen LogP contribution in [0.3, 0.4) is 0 Å². The van der Waals surface area contributed by atoms with E-state index >= 15 is 0 Å². The van der Waals surface area contributed by atoms with Crippen LogP contribution in [0.5, 0.6) is 5.88 Å². The zero-order valence-electron chi connectivity index (χ0n) is 8.43. The first-order valence-electron chi connectivity index (χ1n) is 4.47. The van der Waals surface area contributed by atoms with Crippen molar-refractivity contribution in [2.45, 2.75) is 19.6 Å². The van der Waals surface area contributed by atoms with Gasteiger partial charge in [0.25, 0.3) is 0 Å². The molecule has 1 N–H and O–H groups in total. The van der Waals surface area contributed by atoms with E-state index in [4.69, 9.17) is 14.6 Å². The Kier molecular flexibility index (Phi) is 4.35. The molecule has 4 nitrogen and oxygen atoms in total.